The molecule has 0 radical (unpaired) electrons. The number of hydrogen-bond acceptors (Lipinski definition) is 5. The topological polar surface area (TPSA) is 97.6 Å². The van der Waals surface area contributed by atoms with Gasteiger partial charge >= 0.3 is 5.69 Å². The van der Waals surface area contributed by atoms with Crippen LogP contribution in [-0.4, -0.2) is 60.8 Å². The molecule has 136 valence electrons. The molecule has 3 heterocycles. The largest absolute Gasteiger partial charge is 0.389 e. The Morgan fingerprint density at radius 1 is 1.24 bits per heavy atom. The molecule has 1 fully saturated rings. The highest BCUT2D eigenvalue weighted by molar-refractivity contribution is 5.69. The maximum absolute atomic E-state index is 12.4. The SMILES string of the molecule is Cn1c(=O)c2c(ncn2C[C@@H](O)CN=CN2CCCCC2)n(C)c1=O. The molecule has 2 aromatic rings. The molecule has 1 atom stereocenters. The normalized spacial score (nSPS) is 16.8. The zero-order chi connectivity index (χ0) is 18.0. The summed E-state index contributed by atoms with van der Waals surface area (Å²) in [5.41, 5.74) is -0.213. The number of piperidine rings is 1. The van der Waals surface area contributed by atoms with Crippen LogP contribution in [0.5, 0.6) is 0 Å². The van der Waals surface area contributed by atoms with Crippen molar-refractivity contribution in [1.82, 2.24) is 23.6 Å². The molecule has 2 aromatic heterocycles. The third-order valence-corrected chi connectivity index (χ3v) is 4.58. The summed E-state index contributed by atoms with van der Waals surface area (Å²) in [6.07, 6.45) is 6.16. The number of aryl methyl sites for hydroxylation is 1. The summed E-state index contributed by atoms with van der Waals surface area (Å²) in [5.74, 6) is 0. The van der Waals surface area contributed by atoms with Gasteiger partial charge in [0.2, 0.25) is 0 Å². The fourth-order valence-corrected chi connectivity index (χ4v) is 3.14. The van der Waals surface area contributed by atoms with Gasteiger partial charge in [0.25, 0.3) is 5.56 Å². The number of aliphatic hydroxyl groups excluding tert-OH is 1. The molecule has 0 saturated carbocycles. The van der Waals surface area contributed by atoms with E-state index in [4.69, 9.17) is 0 Å². The quantitative estimate of drug-likeness (QED) is 0.570. The van der Waals surface area contributed by atoms with E-state index in [1.807, 2.05) is 0 Å². The summed E-state index contributed by atoms with van der Waals surface area (Å²) in [7, 11) is 3.00. The van der Waals surface area contributed by atoms with E-state index in [1.165, 1.54) is 37.2 Å². The summed E-state index contributed by atoms with van der Waals surface area (Å²) in [6.45, 7) is 2.47. The Kier molecular flexibility index (Phi) is 5.03. The molecule has 0 aromatic carbocycles. The monoisotopic (exact) mass is 348 g/mol. The summed E-state index contributed by atoms with van der Waals surface area (Å²) in [5, 5.41) is 10.2. The Bertz CT molecular complexity index is 888. The molecule has 0 amide bonds. The van der Waals surface area contributed by atoms with E-state index in [9.17, 15) is 14.7 Å². The van der Waals surface area contributed by atoms with Gasteiger partial charge in [0.05, 0.1) is 31.9 Å². The van der Waals surface area contributed by atoms with E-state index in [0.717, 1.165) is 17.7 Å². The van der Waals surface area contributed by atoms with Crippen LogP contribution >= 0.6 is 0 Å². The Labute approximate surface area is 144 Å². The van der Waals surface area contributed by atoms with Crippen LogP contribution in [-0.2, 0) is 20.6 Å². The van der Waals surface area contributed by atoms with Crippen molar-refractivity contribution in [3.63, 3.8) is 0 Å². The second-order valence-corrected chi connectivity index (χ2v) is 6.51. The molecule has 0 aliphatic carbocycles. The Balaban J connectivity index is 1.73. The molecule has 25 heavy (non-hydrogen) atoms. The van der Waals surface area contributed by atoms with Gasteiger partial charge in [0.15, 0.2) is 11.2 Å². The van der Waals surface area contributed by atoms with Gasteiger partial charge in [-0.1, -0.05) is 0 Å². The molecular formula is C16H24N6O3. The number of hydrogen-bond donors (Lipinski definition) is 1. The summed E-state index contributed by atoms with van der Waals surface area (Å²) >= 11 is 0. The van der Waals surface area contributed by atoms with Crippen molar-refractivity contribution >= 4 is 17.5 Å². The van der Waals surface area contributed by atoms with Gasteiger partial charge in [0, 0.05) is 27.2 Å². The van der Waals surface area contributed by atoms with Gasteiger partial charge in [-0.15, -0.1) is 0 Å². The van der Waals surface area contributed by atoms with Gasteiger partial charge in [-0.25, -0.2) is 9.78 Å². The van der Waals surface area contributed by atoms with Crippen LogP contribution in [0.2, 0.25) is 0 Å². The number of aliphatic hydroxyl groups is 1. The molecule has 0 unspecified atom stereocenters. The van der Waals surface area contributed by atoms with E-state index in [2.05, 4.69) is 14.9 Å². The first-order valence-electron chi connectivity index (χ1n) is 8.52. The Morgan fingerprint density at radius 2 is 1.96 bits per heavy atom. The Morgan fingerprint density at radius 3 is 2.68 bits per heavy atom. The zero-order valence-electron chi connectivity index (χ0n) is 14.6. The predicted octanol–water partition coefficient (Wildman–Crippen LogP) is -0.691. The zero-order valence-corrected chi connectivity index (χ0v) is 14.6. The highest BCUT2D eigenvalue weighted by Crippen LogP contribution is 2.08. The van der Waals surface area contributed by atoms with Crippen molar-refractivity contribution in [3.05, 3.63) is 27.2 Å². The first-order valence-corrected chi connectivity index (χ1v) is 8.52. The number of nitrogens with zero attached hydrogens (tertiary/aromatic N) is 6. The minimum absolute atomic E-state index is 0.196. The van der Waals surface area contributed by atoms with Gasteiger partial charge < -0.3 is 14.6 Å². The van der Waals surface area contributed by atoms with Crippen LogP contribution in [0.3, 0.4) is 0 Å². The molecule has 0 spiro atoms. The lowest BCUT2D eigenvalue weighted by atomic mass is 10.1. The maximum atomic E-state index is 12.4. The first kappa shape index (κ1) is 17.4. The van der Waals surface area contributed by atoms with E-state index in [-0.39, 0.29) is 13.1 Å². The minimum Gasteiger partial charge on any atom is -0.389 e. The van der Waals surface area contributed by atoms with Crippen molar-refractivity contribution in [2.24, 2.45) is 19.1 Å². The lowest BCUT2D eigenvalue weighted by molar-refractivity contribution is 0.163. The molecule has 1 aliphatic rings. The summed E-state index contributed by atoms with van der Waals surface area (Å²) < 4.78 is 3.95. The number of rotatable bonds is 5. The summed E-state index contributed by atoms with van der Waals surface area (Å²) in [4.78, 5) is 34.9. The van der Waals surface area contributed by atoms with Crippen molar-refractivity contribution in [1.29, 1.82) is 0 Å². The van der Waals surface area contributed by atoms with Crippen molar-refractivity contribution < 1.29 is 5.11 Å². The fourth-order valence-electron chi connectivity index (χ4n) is 3.14. The average molecular weight is 348 g/mol. The van der Waals surface area contributed by atoms with Gasteiger partial charge in [-0.05, 0) is 19.3 Å². The predicted molar refractivity (Wildman–Crippen MR) is 95.0 cm³/mol. The molecule has 1 N–H and O–H groups in total. The van der Waals surface area contributed by atoms with Crippen molar-refractivity contribution in [2.75, 3.05) is 19.6 Å². The molecule has 0 bridgehead atoms. The number of imidazole rings is 1. The standard InChI is InChI=1S/C16H24N6O3/c1-19-14-13(15(24)20(2)16(19)25)22(11-18-14)9-12(23)8-17-10-21-6-4-3-5-7-21/h10-12,23H,3-9H2,1-2H3/t12-/m0/s1. The molecule has 1 saturated heterocycles. The van der Waals surface area contributed by atoms with E-state index < -0.39 is 17.4 Å². The van der Waals surface area contributed by atoms with Crippen LogP contribution < -0.4 is 11.2 Å². The third-order valence-electron chi connectivity index (χ3n) is 4.58. The smallest absolute Gasteiger partial charge is 0.332 e. The fraction of sp³-hybridized carbons (Fsp3) is 0.625. The second-order valence-electron chi connectivity index (χ2n) is 6.51. The number of likely N-dealkylation sites (tertiary alicyclic amines) is 1. The van der Waals surface area contributed by atoms with Crippen LogP contribution in [0, 0.1) is 0 Å². The Hall–Kier alpha value is -2.42. The average Bonchev–Trinajstić information content (AvgIpc) is 3.02. The van der Waals surface area contributed by atoms with Crippen molar-refractivity contribution in [2.45, 2.75) is 31.9 Å². The molecule has 9 heteroatoms. The molecule has 9 nitrogen and oxygen atoms in total. The number of aliphatic imine (C=N–C) groups is 1. The van der Waals surface area contributed by atoms with E-state index >= 15 is 0 Å². The van der Waals surface area contributed by atoms with E-state index in [0.29, 0.717) is 11.2 Å². The highest BCUT2D eigenvalue weighted by Gasteiger charge is 2.16. The number of aromatic nitrogens is 4. The number of fused-ring (bicyclic) bond motifs is 1. The minimum atomic E-state index is -0.736. The van der Waals surface area contributed by atoms with Crippen LogP contribution in [0.15, 0.2) is 20.9 Å². The maximum Gasteiger partial charge on any atom is 0.332 e. The third kappa shape index (κ3) is 3.51. The highest BCUT2D eigenvalue weighted by atomic mass is 16.3. The van der Waals surface area contributed by atoms with Crippen molar-refractivity contribution in [3.8, 4) is 0 Å². The van der Waals surface area contributed by atoms with Gasteiger partial charge in [-0.2, -0.15) is 0 Å². The van der Waals surface area contributed by atoms with Gasteiger partial charge in [-0.3, -0.25) is 18.9 Å². The van der Waals surface area contributed by atoms with Crippen LogP contribution in [0.1, 0.15) is 19.3 Å². The first-order chi connectivity index (χ1) is 12.0. The lowest BCUT2D eigenvalue weighted by Crippen LogP contribution is -2.38. The lowest BCUT2D eigenvalue weighted by Gasteiger charge is -2.24. The molecule has 1 aliphatic heterocycles. The molecule has 3 rings (SSSR count). The van der Waals surface area contributed by atoms with Crippen LogP contribution in [0.4, 0.5) is 0 Å². The van der Waals surface area contributed by atoms with Crippen LogP contribution in [0.25, 0.3) is 11.2 Å². The van der Waals surface area contributed by atoms with Gasteiger partial charge in [0.1, 0.15) is 0 Å². The second kappa shape index (κ2) is 7.22. The molecular weight excluding hydrogens is 324 g/mol. The van der Waals surface area contributed by atoms with E-state index in [1.54, 1.807) is 18.0 Å². The summed E-state index contributed by atoms with van der Waals surface area (Å²) in [6, 6.07) is 0.